The van der Waals surface area contributed by atoms with Gasteiger partial charge in [0.05, 0.1) is 31.0 Å². The number of carboxylic acids is 1. The topological polar surface area (TPSA) is 211 Å². The molecule has 0 aliphatic rings. The number of Topliss-reactive ketones (excluding diaryl/α,β-unsaturated/α-hetero) is 5. The van der Waals surface area contributed by atoms with E-state index in [0.29, 0.717) is 12.8 Å². The van der Waals surface area contributed by atoms with E-state index in [1.165, 1.54) is 21.0 Å². The van der Waals surface area contributed by atoms with E-state index in [-0.39, 0.29) is 12.5 Å². The lowest BCUT2D eigenvalue weighted by Gasteiger charge is -2.37. The first-order valence-electron chi connectivity index (χ1n) is 15.9. The molecule has 1 aromatic carbocycles. The molecule has 5 unspecified atom stereocenters. The molecule has 0 heterocycles. The van der Waals surface area contributed by atoms with Crippen molar-refractivity contribution in [1.29, 1.82) is 0 Å². The average Bonchev–Trinajstić information content (AvgIpc) is 3.03. The highest BCUT2D eigenvalue weighted by Crippen LogP contribution is 2.31. The lowest BCUT2D eigenvalue weighted by molar-refractivity contribution is -0.181. The second kappa shape index (κ2) is 17.3. The zero-order valence-corrected chi connectivity index (χ0v) is 29.0. The van der Waals surface area contributed by atoms with Crippen LogP contribution in [-0.4, -0.2) is 116 Å². The molecule has 13 heteroatoms. The van der Waals surface area contributed by atoms with Gasteiger partial charge in [-0.2, -0.15) is 0 Å². The Kier molecular flexibility index (Phi) is 15.4. The summed E-state index contributed by atoms with van der Waals surface area (Å²) in [4.78, 5) is 82.4. The Morgan fingerprint density at radius 1 is 0.787 bits per heavy atom. The lowest BCUT2D eigenvalue weighted by atomic mass is 9.71. The van der Waals surface area contributed by atoms with Crippen LogP contribution in [0.25, 0.3) is 0 Å². The minimum absolute atomic E-state index is 0.265. The third-order valence-corrected chi connectivity index (χ3v) is 9.37. The fourth-order valence-electron chi connectivity index (χ4n) is 5.56. The number of likely N-dealkylation sites (N-methyl/N-ethyl adjacent to an activating group) is 3. The zero-order valence-electron chi connectivity index (χ0n) is 29.0. The Labute approximate surface area is 277 Å². The van der Waals surface area contributed by atoms with Crippen LogP contribution in [0, 0.1) is 11.8 Å². The maximum atomic E-state index is 14.0. The number of hydrogen-bond donors (Lipinski definition) is 6. The molecular weight excluding hydrogens is 610 g/mol. The number of benzene rings is 1. The number of carboxylic acid groups (broad SMARTS) is 1. The van der Waals surface area contributed by atoms with E-state index in [9.17, 15) is 49.2 Å². The van der Waals surface area contributed by atoms with Gasteiger partial charge in [-0.15, -0.1) is 0 Å². The summed E-state index contributed by atoms with van der Waals surface area (Å²) in [6.07, 6.45) is -2.05. The smallest absolute Gasteiger partial charge is 0.344 e. The number of hydrogen-bond acceptors (Lipinski definition) is 12. The van der Waals surface area contributed by atoms with E-state index in [1.54, 1.807) is 51.8 Å². The predicted octanol–water partition coefficient (Wildman–Crippen LogP) is 0.699. The number of aliphatic carboxylic acids is 1. The van der Waals surface area contributed by atoms with Gasteiger partial charge in [0.15, 0.2) is 34.3 Å². The van der Waals surface area contributed by atoms with Gasteiger partial charge in [-0.1, -0.05) is 70.9 Å². The van der Waals surface area contributed by atoms with Gasteiger partial charge < -0.3 is 31.1 Å². The molecule has 6 N–H and O–H groups in total. The van der Waals surface area contributed by atoms with Gasteiger partial charge in [-0.05, 0) is 52.4 Å². The summed E-state index contributed by atoms with van der Waals surface area (Å²) < 4.78 is 0. The van der Waals surface area contributed by atoms with Crippen molar-refractivity contribution >= 4 is 34.9 Å². The van der Waals surface area contributed by atoms with Crippen molar-refractivity contribution in [3.05, 3.63) is 35.9 Å². The van der Waals surface area contributed by atoms with Crippen LogP contribution in [0.3, 0.4) is 0 Å². The Morgan fingerprint density at radius 3 is 1.72 bits per heavy atom. The summed E-state index contributed by atoms with van der Waals surface area (Å²) in [7, 11) is 4.38. The largest absolute Gasteiger partial charge is 0.479 e. The van der Waals surface area contributed by atoms with Gasteiger partial charge >= 0.3 is 5.97 Å². The normalized spacial score (nSPS) is 18.8. The Bertz CT molecular complexity index is 1290. The van der Waals surface area contributed by atoms with Crippen LogP contribution in [0.5, 0.6) is 0 Å². The third kappa shape index (κ3) is 9.46. The van der Waals surface area contributed by atoms with Crippen LogP contribution >= 0.6 is 0 Å². The van der Waals surface area contributed by atoms with E-state index in [2.05, 4.69) is 10.6 Å². The van der Waals surface area contributed by atoms with E-state index in [4.69, 9.17) is 0 Å². The van der Waals surface area contributed by atoms with Crippen LogP contribution in [-0.2, 0) is 35.3 Å². The van der Waals surface area contributed by atoms with E-state index < -0.39 is 88.6 Å². The fraction of sp³-hybridized carbons (Fsp3) is 0.647. The zero-order chi connectivity index (χ0) is 36.5. The summed E-state index contributed by atoms with van der Waals surface area (Å²) in [5, 5.41) is 49.9. The minimum atomic E-state index is -3.64. The number of ketones is 5. The van der Waals surface area contributed by atoms with Gasteiger partial charge in [0.1, 0.15) is 0 Å². The number of aliphatic hydroxyl groups is 3. The summed E-state index contributed by atoms with van der Waals surface area (Å²) in [6.45, 7) is 9.36. The van der Waals surface area contributed by atoms with E-state index in [0.717, 1.165) is 12.5 Å². The van der Waals surface area contributed by atoms with Crippen LogP contribution < -0.4 is 10.6 Å². The standard InChI is InChI=1S/C34H53N3O10/c1-10-20(3)26(35-7)24(38)17-34(47,31(43)44)30(42)33(46,29(41)27(36-8)21(4)11-2)18-25(39)32(6,45)28(40)22(5)37(9)19-23-15-13-12-14-16-23/h12-16,20-22,26-27,35-36,45-47H,10-11,17-19H2,1-9H3,(H,43,44)/t20?,21?,22-,26-,27-,32?,33?,34?/m0/s1. The van der Waals surface area contributed by atoms with E-state index >= 15 is 0 Å². The van der Waals surface area contributed by atoms with Gasteiger partial charge in [-0.25, -0.2) is 4.79 Å². The highest BCUT2D eigenvalue weighted by Gasteiger charge is 2.61. The molecule has 0 aromatic heterocycles. The fourth-order valence-corrected chi connectivity index (χ4v) is 5.56. The number of nitrogens with one attached hydrogen (secondary N) is 2. The lowest BCUT2D eigenvalue weighted by Crippen LogP contribution is -2.67. The summed E-state index contributed by atoms with van der Waals surface area (Å²) in [5.74, 6) is -9.86. The molecule has 0 saturated heterocycles. The molecular formula is C34H53N3O10. The second-order valence-corrected chi connectivity index (χ2v) is 12.8. The van der Waals surface area contributed by atoms with Crippen molar-refractivity contribution in [1.82, 2.24) is 15.5 Å². The molecule has 13 nitrogen and oxygen atoms in total. The van der Waals surface area contributed by atoms with Gasteiger partial charge in [-0.3, -0.25) is 28.9 Å². The molecule has 264 valence electrons. The maximum Gasteiger partial charge on any atom is 0.344 e. The van der Waals surface area contributed by atoms with Crippen molar-refractivity contribution in [2.75, 3.05) is 21.1 Å². The quantitative estimate of drug-likeness (QED) is 0.0945. The van der Waals surface area contributed by atoms with Crippen LogP contribution in [0.4, 0.5) is 0 Å². The average molecular weight is 664 g/mol. The first kappa shape index (κ1) is 41.8. The highest BCUT2D eigenvalue weighted by molar-refractivity contribution is 6.25. The first-order valence-corrected chi connectivity index (χ1v) is 15.9. The molecule has 0 bridgehead atoms. The summed E-state index contributed by atoms with van der Waals surface area (Å²) in [6, 6.07) is 5.69. The minimum Gasteiger partial charge on any atom is -0.479 e. The van der Waals surface area contributed by atoms with Gasteiger partial charge in [0.25, 0.3) is 0 Å². The van der Waals surface area contributed by atoms with Crippen molar-refractivity contribution in [3.8, 4) is 0 Å². The number of nitrogens with zero attached hydrogens (tertiary/aromatic N) is 1. The Morgan fingerprint density at radius 2 is 1.28 bits per heavy atom. The van der Waals surface area contributed by atoms with Crippen molar-refractivity contribution < 1.29 is 49.2 Å². The van der Waals surface area contributed by atoms with Crippen molar-refractivity contribution in [3.63, 3.8) is 0 Å². The second-order valence-electron chi connectivity index (χ2n) is 12.8. The van der Waals surface area contributed by atoms with Crippen LogP contribution in [0.1, 0.15) is 72.8 Å². The molecule has 1 aromatic rings. The summed E-state index contributed by atoms with van der Waals surface area (Å²) in [5.41, 5.74) is -9.21. The molecule has 47 heavy (non-hydrogen) atoms. The molecule has 0 amide bonds. The predicted molar refractivity (Wildman–Crippen MR) is 174 cm³/mol. The maximum absolute atomic E-state index is 14.0. The Balaban J connectivity index is 3.66. The molecule has 0 aliphatic carbocycles. The van der Waals surface area contributed by atoms with Crippen molar-refractivity contribution in [2.24, 2.45) is 11.8 Å². The number of rotatable bonds is 22. The number of carbonyl (C=O) groups excluding carboxylic acids is 5. The molecule has 1 rings (SSSR count). The van der Waals surface area contributed by atoms with Crippen molar-refractivity contribution in [2.45, 2.75) is 109 Å². The molecule has 0 fully saturated rings. The molecule has 0 radical (unpaired) electrons. The van der Waals surface area contributed by atoms with E-state index in [1.807, 2.05) is 18.2 Å². The first-order chi connectivity index (χ1) is 21.7. The number of carbonyl (C=O) groups is 6. The molecule has 0 saturated carbocycles. The molecule has 0 spiro atoms. The monoisotopic (exact) mass is 663 g/mol. The van der Waals surface area contributed by atoms with Gasteiger partial charge in [0, 0.05) is 6.54 Å². The molecule has 0 aliphatic heterocycles. The highest BCUT2D eigenvalue weighted by atomic mass is 16.4. The molecule has 8 atom stereocenters. The Hall–Kier alpha value is -3.20. The summed E-state index contributed by atoms with van der Waals surface area (Å²) >= 11 is 0. The third-order valence-electron chi connectivity index (χ3n) is 9.37. The van der Waals surface area contributed by atoms with Gasteiger partial charge in [0.2, 0.25) is 11.4 Å². The van der Waals surface area contributed by atoms with Crippen LogP contribution in [0.2, 0.25) is 0 Å². The van der Waals surface area contributed by atoms with Crippen LogP contribution in [0.15, 0.2) is 30.3 Å². The SMILES string of the molecule is CCC(C)[C@H](NC)C(=O)CC(O)(C(=O)O)C(=O)C(O)(CC(=O)C(C)(O)C(=O)[C@H](C)N(C)Cc1ccccc1)C(=O)[C@@H](NC)C(C)CC.